The predicted octanol–water partition coefficient (Wildman–Crippen LogP) is 1.68. The van der Waals surface area contributed by atoms with Gasteiger partial charge in [-0.15, -0.1) is 0 Å². The number of aromatic nitrogens is 1. The number of halogens is 1. The van der Waals surface area contributed by atoms with Crippen LogP contribution in [0.15, 0.2) is 38.5 Å². The van der Waals surface area contributed by atoms with Gasteiger partial charge in [0.25, 0.3) is 0 Å². The number of nitrogens with one attached hydrogen (secondary N) is 1. The van der Waals surface area contributed by atoms with Gasteiger partial charge in [-0.3, -0.25) is 4.98 Å². The molecule has 0 aliphatic heterocycles. The number of rotatable bonds is 5. The van der Waals surface area contributed by atoms with Gasteiger partial charge in [0.2, 0.25) is 10.0 Å². The van der Waals surface area contributed by atoms with Crippen LogP contribution < -0.4 is 10.5 Å². The van der Waals surface area contributed by atoms with Gasteiger partial charge in [0, 0.05) is 25.0 Å². The Balaban J connectivity index is 2.19. The predicted molar refractivity (Wildman–Crippen MR) is 77.3 cm³/mol. The Morgan fingerprint density at radius 2 is 2.25 bits per heavy atom. The van der Waals surface area contributed by atoms with Crippen molar-refractivity contribution in [2.24, 2.45) is 5.73 Å². The molecule has 2 aromatic heterocycles. The van der Waals surface area contributed by atoms with Crippen molar-refractivity contribution < 1.29 is 12.8 Å². The highest BCUT2D eigenvalue weighted by Crippen LogP contribution is 2.26. The highest BCUT2D eigenvalue weighted by Gasteiger charge is 2.22. The zero-order chi connectivity index (χ0) is 14.8. The van der Waals surface area contributed by atoms with Crippen LogP contribution in [-0.4, -0.2) is 13.4 Å². The summed E-state index contributed by atoms with van der Waals surface area (Å²) < 4.78 is 32.3. The van der Waals surface area contributed by atoms with Crippen molar-refractivity contribution in [1.82, 2.24) is 9.71 Å². The van der Waals surface area contributed by atoms with Crippen molar-refractivity contribution in [2.45, 2.75) is 24.9 Å². The lowest BCUT2D eigenvalue weighted by Crippen LogP contribution is -2.23. The second-order valence-corrected chi connectivity index (χ2v) is 6.64. The lowest BCUT2D eigenvalue weighted by Gasteiger charge is -2.07. The fourth-order valence-corrected chi connectivity index (χ4v) is 3.63. The summed E-state index contributed by atoms with van der Waals surface area (Å²) in [5, 5.41) is 0. The molecule has 20 heavy (non-hydrogen) atoms. The van der Waals surface area contributed by atoms with E-state index in [1.54, 1.807) is 18.5 Å². The molecule has 0 saturated carbocycles. The minimum atomic E-state index is -3.66. The summed E-state index contributed by atoms with van der Waals surface area (Å²) in [6.07, 6.45) is 3.31. The molecule has 0 aliphatic carbocycles. The van der Waals surface area contributed by atoms with Gasteiger partial charge < -0.3 is 10.2 Å². The maximum Gasteiger partial charge on any atom is 0.245 e. The normalized spacial score (nSPS) is 11.8. The van der Waals surface area contributed by atoms with Gasteiger partial charge in [0.1, 0.15) is 10.7 Å². The van der Waals surface area contributed by atoms with E-state index in [1.165, 1.54) is 6.07 Å². The Morgan fingerprint density at radius 3 is 2.85 bits per heavy atom. The number of hydrogen-bond acceptors (Lipinski definition) is 5. The summed E-state index contributed by atoms with van der Waals surface area (Å²) in [4.78, 5) is 4.01. The van der Waals surface area contributed by atoms with Crippen LogP contribution in [0.1, 0.15) is 16.9 Å². The van der Waals surface area contributed by atoms with E-state index >= 15 is 0 Å². The zero-order valence-electron chi connectivity index (χ0n) is 10.8. The van der Waals surface area contributed by atoms with Gasteiger partial charge in [0.15, 0.2) is 4.67 Å². The molecule has 3 N–H and O–H groups in total. The number of nitrogens with two attached hydrogens (primary N) is 1. The van der Waals surface area contributed by atoms with E-state index in [2.05, 4.69) is 25.6 Å². The van der Waals surface area contributed by atoms with Gasteiger partial charge in [-0.05, 0) is 40.0 Å². The Labute approximate surface area is 125 Å². The summed E-state index contributed by atoms with van der Waals surface area (Å²) in [5.74, 6) is 0.400. The van der Waals surface area contributed by atoms with Crippen molar-refractivity contribution in [2.75, 3.05) is 0 Å². The largest absolute Gasteiger partial charge is 0.452 e. The van der Waals surface area contributed by atoms with Crippen molar-refractivity contribution >= 4 is 26.0 Å². The van der Waals surface area contributed by atoms with E-state index in [9.17, 15) is 8.42 Å². The summed E-state index contributed by atoms with van der Waals surface area (Å²) in [6.45, 7) is 2.20. The number of furan rings is 1. The number of sulfonamides is 1. The first-order valence-corrected chi connectivity index (χ1v) is 8.09. The second kappa shape index (κ2) is 6.04. The monoisotopic (exact) mass is 359 g/mol. The fraction of sp³-hybridized carbons (Fsp3) is 0.250. The summed E-state index contributed by atoms with van der Waals surface area (Å²) in [5.41, 5.74) is 7.21. The van der Waals surface area contributed by atoms with Gasteiger partial charge in [0.05, 0.1) is 6.54 Å². The molecule has 2 aromatic rings. The molecular formula is C12H14BrN3O3S. The molecule has 2 heterocycles. The van der Waals surface area contributed by atoms with Crippen LogP contribution in [0.5, 0.6) is 0 Å². The number of pyridine rings is 1. The second-order valence-electron chi connectivity index (χ2n) is 4.18. The molecule has 8 heteroatoms. The van der Waals surface area contributed by atoms with E-state index < -0.39 is 10.0 Å². The van der Waals surface area contributed by atoms with Gasteiger partial charge in [-0.2, -0.15) is 0 Å². The maximum atomic E-state index is 12.2. The Hall–Kier alpha value is -1.22. The summed E-state index contributed by atoms with van der Waals surface area (Å²) in [6, 6.07) is 3.18. The number of nitrogens with zero attached hydrogens (tertiary/aromatic N) is 1. The lowest BCUT2D eigenvalue weighted by molar-refractivity contribution is 0.483. The third-order valence-corrected chi connectivity index (χ3v) is 5.04. The highest BCUT2D eigenvalue weighted by molar-refractivity contribution is 9.10. The standard InChI is InChI=1S/C12H14BrN3O3S/c1-8-6-15-3-2-9(8)7-16-20(17,18)11-4-10(5-14)19-12(11)13/h2-4,6,16H,5,7,14H2,1H3. The van der Waals surface area contributed by atoms with Crippen molar-refractivity contribution in [3.05, 3.63) is 46.1 Å². The van der Waals surface area contributed by atoms with Crippen LogP contribution in [0, 0.1) is 6.92 Å². The van der Waals surface area contributed by atoms with Crippen LogP contribution in [-0.2, 0) is 23.1 Å². The van der Waals surface area contributed by atoms with Crippen molar-refractivity contribution in [3.63, 3.8) is 0 Å². The first kappa shape index (κ1) is 15.2. The smallest absolute Gasteiger partial charge is 0.245 e. The molecule has 0 fully saturated rings. The average molecular weight is 360 g/mol. The molecule has 0 radical (unpaired) electrons. The van der Waals surface area contributed by atoms with Crippen LogP contribution >= 0.6 is 15.9 Å². The molecule has 0 bridgehead atoms. The highest BCUT2D eigenvalue weighted by atomic mass is 79.9. The Kier molecular flexibility index (Phi) is 4.59. The third-order valence-electron chi connectivity index (χ3n) is 2.79. The quantitative estimate of drug-likeness (QED) is 0.846. The van der Waals surface area contributed by atoms with Crippen LogP contribution in [0.25, 0.3) is 0 Å². The molecule has 0 atom stereocenters. The van der Waals surface area contributed by atoms with E-state index in [0.717, 1.165) is 11.1 Å². The lowest BCUT2D eigenvalue weighted by atomic mass is 10.2. The SMILES string of the molecule is Cc1cnccc1CNS(=O)(=O)c1cc(CN)oc1Br. The van der Waals surface area contributed by atoms with Gasteiger partial charge >= 0.3 is 0 Å². The average Bonchev–Trinajstić information content (AvgIpc) is 2.80. The summed E-state index contributed by atoms with van der Waals surface area (Å²) >= 11 is 3.08. The molecule has 6 nitrogen and oxygen atoms in total. The fourth-order valence-electron chi connectivity index (χ4n) is 1.63. The van der Waals surface area contributed by atoms with Crippen molar-refractivity contribution in [1.29, 1.82) is 0 Å². The molecule has 108 valence electrons. The van der Waals surface area contributed by atoms with E-state index in [0.29, 0.717) is 5.76 Å². The number of hydrogen-bond donors (Lipinski definition) is 2. The van der Waals surface area contributed by atoms with Gasteiger partial charge in [-0.1, -0.05) is 0 Å². The molecule has 0 saturated heterocycles. The van der Waals surface area contributed by atoms with E-state index in [-0.39, 0.29) is 22.7 Å². The third kappa shape index (κ3) is 3.26. The van der Waals surface area contributed by atoms with E-state index in [4.69, 9.17) is 10.2 Å². The van der Waals surface area contributed by atoms with Crippen LogP contribution in [0.4, 0.5) is 0 Å². The minimum Gasteiger partial charge on any atom is -0.452 e. The summed E-state index contributed by atoms with van der Waals surface area (Å²) in [7, 11) is -3.66. The Morgan fingerprint density at radius 1 is 1.50 bits per heavy atom. The first-order chi connectivity index (χ1) is 9.44. The molecule has 0 spiro atoms. The Bertz CT molecular complexity index is 712. The molecule has 2 rings (SSSR count). The maximum absolute atomic E-state index is 12.2. The van der Waals surface area contributed by atoms with Gasteiger partial charge in [-0.25, -0.2) is 13.1 Å². The zero-order valence-corrected chi connectivity index (χ0v) is 13.2. The molecule has 0 aliphatic rings. The van der Waals surface area contributed by atoms with Crippen molar-refractivity contribution in [3.8, 4) is 0 Å². The minimum absolute atomic E-state index is 0.0460. The molecule has 0 unspecified atom stereocenters. The number of aryl methyl sites for hydroxylation is 1. The van der Waals surface area contributed by atoms with Crippen LogP contribution in [0.2, 0.25) is 0 Å². The van der Waals surface area contributed by atoms with E-state index in [1.807, 2.05) is 6.92 Å². The topological polar surface area (TPSA) is 98.2 Å². The molecule has 0 aromatic carbocycles. The molecule has 0 amide bonds. The first-order valence-electron chi connectivity index (χ1n) is 5.81. The van der Waals surface area contributed by atoms with Crippen LogP contribution in [0.3, 0.4) is 0 Å². The molecular weight excluding hydrogens is 346 g/mol.